The van der Waals surface area contributed by atoms with E-state index in [1.807, 2.05) is 18.2 Å². The standard InChI is InChI=1S/C28H25FN4/c29-23-13-9-20(10-14-23)25-18-33-17-24(19-5-2-1-3-6-19)26(32-27(33)31-25)21-7-11-22(12-8-21)28(30)15-4-16-28/h1-3,5-14,17,25H,4,15-16,18,30H2. The highest BCUT2D eigenvalue weighted by molar-refractivity contribution is 6.35. The number of hydrogen-bond acceptors (Lipinski definition) is 4. The molecule has 3 aromatic carbocycles. The van der Waals surface area contributed by atoms with Gasteiger partial charge < -0.3 is 10.6 Å². The van der Waals surface area contributed by atoms with E-state index in [-0.39, 0.29) is 17.4 Å². The Balaban J connectivity index is 1.39. The topological polar surface area (TPSA) is 54.0 Å². The van der Waals surface area contributed by atoms with Crippen LogP contribution in [0.2, 0.25) is 0 Å². The summed E-state index contributed by atoms with van der Waals surface area (Å²) in [5.41, 5.74) is 12.7. The van der Waals surface area contributed by atoms with E-state index in [4.69, 9.17) is 15.7 Å². The van der Waals surface area contributed by atoms with Crippen LogP contribution >= 0.6 is 0 Å². The summed E-state index contributed by atoms with van der Waals surface area (Å²) in [5.74, 6) is 0.454. The molecule has 1 unspecified atom stereocenters. The van der Waals surface area contributed by atoms with Crippen LogP contribution in [0.4, 0.5) is 4.39 Å². The first kappa shape index (κ1) is 20.1. The second kappa shape index (κ2) is 7.78. The average molecular weight is 437 g/mol. The van der Waals surface area contributed by atoms with Crippen LogP contribution in [0.25, 0.3) is 5.57 Å². The number of guanidine groups is 1. The van der Waals surface area contributed by atoms with Gasteiger partial charge in [0.25, 0.3) is 0 Å². The van der Waals surface area contributed by atoms with Crippen LogP contribution in [0.1, 0.15) is 47.6 Å². The molecule has 1 atom stereocenters. The summed E-state index contributed by atoms with van der Waals surface area (Å²) < 4.78 is 13.4. The summed E-state index contributed by atoms with van der Waals surface area (Å²) in [4.78, 5) is 12.0. The van der Waals surface area contributed by atoms with E-state index in [0.29, 0.717) is 12.5 Å². The molecular formula is C28H25FN4. The van der Waals surface area contributed by atoms with Gasteiger partial charge in [0.2, 0.25) is 5.96 Å². The van der Waals surface area contributed by atoms with Gasteiger partial charge in [-0.1, -0.05) is 66.7 Å². The normalized spacial score (nSPS) is 21.0. The predicted octanol–water partition coefficient (Wildman–Crippen LogP) is 5.42. The van der Waals surface area contributed by atoms with Gasteiger partial charge in [-0.2, -0.15) is 0 Å². The molecule has 2 aliphatic heterocycles. The molecule has 0 aromatic heterocycles. The summed E-state index contributed by atoms with van der Waals surface area (Å²) >= 11 is 0. The molecule has 0 amide bonds. The molecule has 0 saturated heterocycles. The quantitative estimate of drug-likeness (QED) is 0.594. The molecule has 0 radical (unpaired) electrons. The fraction of sp³-hybridized carbons (Fsp3) is 0.214. The molecule has 0 bridgehead atoms. The van der Waals surface area contributed by atoms with Gasteiger partial charge in [0, 0.05) is 22.9 Å². The van der Waals surface area contributed by atoms with Crippen molar-refractivity contribution in [2.45, 2.75) is 30.8 Å². The summed E-state index contributed by atoms with van der Waals surface area (Å²) in [7, 11) is 0. The molecule has 1 saturated carbocycles. The third-order valence-electron chi connectivity index (χ3n) is 6.97. The van der Waals surface area contributed by atoms with Crippen molar-refractivity contribution >= 4 is 17.2 Å². The molecule has 3 aromatic rings. The third kappa shape index (κ3) is 3.58. The highest BCUT2D eigenvalue weighted by Crippen LogP contribution is 2.39. The van der Waals surface area contributed by atoms with Gasteiger partial charge in [-0.15, -0.1) is 0 Å². The Morgan fingerprint density at radius 3 is 2.27 bits per heavy atom. The first-order valence-corrected chi connectivity index (χ1v) is 11.5. The number of aliphatic imine (C=N–C) groups is 2. The van der Waals surface area contributed by atoms with Gasteiger partial charge in [0.05, 0.1) is 18.3 Å². The van der Waals surface area contributed by atoms with Gasteiger partial charge in [0.1, 0.15) is 5.82 Å². The SMILES string of the molecule is NC1(c2ccc(C3=NC4=NC(c5ccc(F)cc5)CN4C=C3c3ccccc3)cc2)CCC1. The maximum atomic E-state index is 13.4. The van der Waals surface area contributed by atoms with Gasteiger partial charge in [0.15, 0.2) is 0 Å². The van der Waals surface area contributed by atoms with Crippen molar-refractivity contribution in [2.24, 2.45) is 15.7 Å². The van der Waals surface area contributed by atoms with Crippen molar-refractivity contribution in [1.29, 1.82) is 0 Å². The van der Waals surface area contributed by atoms with Crippen molar-refractivity contribution in [1.82, 2.24) is 4.90 Å². The van der Waals surface area contributed by atoms with Crippen molar-refractivity contribution < 1.29 is 4.39 Å². The number of fused-ring (bicyclic) bond motifs is 1. The molecule has 0 spiro atoms. The maximum absolute atomic E-state index is 13.4. The molecule has 2 N–H and O–H groups in total. The lowest BCUT2D eigenvalue weighted by molar-refractivity contribution is 0.253. The van der Waals surface area contributed by atoms with E-state index < -0.39 is 0 Å². The van der Waals surface area contributed by atoms with Crippen LogP contribution in [-0.4, -0.2) is 23.1 Å². The first-order chi connectivity index (χ1) is 16.1. The molecule has 2 heterocycles. The van der Waals surface area contributed by atoms with Crippen molar-refractivity contribution in [3.63, 3.8) is 0 Å². The Morgan fingerprint density at radius 2 is 1.61 bits per heavy atom. The Bertz CT molecular complexity index is 1270. The van der Waals surface area contributed by atoms with Crippen LogP contribution in [-0.2, 0) is 5.54 Å². The Morgan fingerprint density at radius 1 is 0.879 bits per heavy atom. The minimum absolute atomic E-state index is 0.0740. The lowest BCUT2D eigenvalue weighted by Gasteiger charge is -2.38. The third-order valence-corrected chi connectivity index (χ3v) is 6.97. The van der Waals surface area contributed by atoms with Gasteiger partial charge >= 0.3 is 0 Å². The molecule has 1 fully saturated rings. The van der Waals surface area contributed by atoms with E-state index in [2.05, 4.69) is 47.5 Å². The van der Waals surface area contributed by atoms with E-state index in [9.17, 15) is 4.39 Å². The Hall–Kier alpha value is -3.57. The lowest BCUT2D eigenvalue weighted by atomic mass is 9.72. The second-order valence-corrected chi connectivity index (χ2v) is 9.11. The molecule has 33 heavy (non-hydrogen) atoms. The number of hydrogen-bond donors (Lipinski definition) is 1. The first-order valence-electron chi connectivity index (χ1n) is 11.5. The number of benzene rings is 3. The zero-order valence-electron chi connectivity index (χ0n) is 18.3. The van der Waals surface area contributed by atoms with Crippen LogP contribution in [0.3, 0.4) is 0 Å². The van der Waals surface area contributed by atoms with E-state index in [0.717, 1.165) is 40.8 Å². The fourth-order valence-electron chi connectivity index (χ4n) is 4.82. The molecule has 3 aliphatic rings. The monoisotopic (exact) mass is 436 g/mol. The summed E-state index contributed by atoms with van der Waals surface area (Å²) in [5, 5.41) is 0. The summed E-state index contributed by atoms with van der Waals surface area (Å²) in [6.45, 7) is 0.683. The van der Waals surface area contributed by atoms with Crippen molar-refractivity contribution in [3.05, 3.63) is 113 Å². The van der Waals surface area contributed by atoms with E-state index >= 15 is 0 Å². The smallest absolute Gasteiger partial charge is 0.226 e. The molecule has 1 aliphatic carbocycles. The van der Waals surface area contributed by atoms with Gasteiger partial charge in [-0.3, -0.25) is 0 Å². The minimum Gasteiger partial charge on any atom is -0.321 e. The molecular weight excluding hydrogens is 411 g/mol. The van der Waals surface area contributed by atoms with Gasteiger partial charge in [-0.25, -0.2) is 14.4 Å². The minimum atomic E-state index is -0.238. The molecule has 4 nitrogen and oxygen atoms in total. The second-order valence-electron chi connectivity index (χ2n) is 9.11. The maximum Gasteiger partial charge on any atom is 0.226 e. The van der Waals surface area contributed by atoms with Crippen molar-refractivity contribution in [2.75, 3.05) is 6.54 Å². The Labute approximate surface area is 193 Å². The lowest BCUT2D eigenvalue weighted by Crippen LogP contribution is -2.43. The highest BCUT2D eigenvalue weighted by atomic mass is 19.1. The number of nitrogens with two attached hydrogens (primary N) is 1. The summed E-state index contributed by atoms with van der Waals surface area (Å²) in [6, 6.07) is 25.4. The average Bonchev–Trinajstić information content (AvgIpc) is 3.26. The molecule has 5 heteroatoms. The van der Waals surface area contributed by atoms with E-state index in [1.54, 1.807) is 12.1 Å². The van der Waals surface area contributed by atoms with E-state index in [1.165, 1.54) is 24.1 Å². The molecule has 164 valence electrons. The zero-order valence-corrected chi connectivity index (χ0v) is 18.3. The number of nitrogens with zero attached hydrogens (tertiary/aromatic N) is 3. The Kier molecular flexibility index (Phi) is 4.73. The highest BCUT2D eigenvalue weighted by Gasteiger charge is 2.35. The van der Waals surface area contributed by atoms with Gasteiger partial charge in [-0.05, 0) is 48.1 Å². The number of halogens is 1. The van der Waals surface area contributed by atoms with Crippen molar-refractivity contribution in [3.8, 4) is 0 Å². The number of allylic oxidation sites excluding steroid dienone is 1. The van der Waals surface area contributed by atoms with Crippen LogP contribution < -0.4 is 5.73 Å². The largest absolute Gasteiger partial charge is 0.321 e. The fourth-order valence-corrected chi connectivity index (χ4v) is 4.82. The summed E-state index contributed by atoms with van der Waals surface area (Å²) in [6.07, 6.45) is 5.42. The van der Waals surface area contributed by atoms with Crippen LogP contribution in [0.15, 0.2) is 95.0 Å². The zero-order chi connectivity index (χ0) is 22.4. The van der Waals surface area contributed by atoms with Crippen LogP contribution in [0, 0.1) is 5.82 Å². The predicted molar refractivity (Wildman–Crippen MR) is 130 cm³/mol. The molecule has 6 rings (SSSR count). The van der Waals surface area contributed by atoms with Crippen LogP contribution in [0.5, 0.6) is 0 Å². The number of rotatable bonds is 4.